The van der Waals surface area contributed by atoms with E-state index in [0.717, 1.165) is 43.7 Å². The maximum atomic E-state index is 14.7. The van der Waals surface area contributed by atoms with Crippen LogP contribution in [0.5, 0.6) is 0 Å². The Balaban J connectivity index is 1.29. The Morgan fingerprint density at radius 3 is 2.57 bits per heavy atom. The lowest BCUT2D eigenvalue weighted by Crippen LogP contribution is -2.32. The molecule has 0 amide bonds. The standard InChI is InChI=1S/C25H25F3N6O/c1-2-33-10-8-16(9-11-33)17-4-3-5-18(12-17)22-15-34(32-29-22)14-20-7-6-19(13-21(20)26)24-30-31-25(35-24)23(27)28/h3-7,12-13,15-16,23H,2,8-11,14H2,1H3. The van der Waals surface area contributed by atoms with E-state index in [2.05, 4.69) is 44.5 Å². The molecule has 1 fully saturated rings. The van der Waals surface area contributed by atoms with E-state index in [4.69, 9.17) is 4.42 Å². The van der Waals surface area contributed by atoms with Crippen molar-refractivity contribution >= 4 is 0 Å². The number of likely N-dealkylation sites (tertiary alicyclic amines) is 1. The Kier molecular flexibility index (Phi) is 6.63. The molecule has 182 valence electrons. The zero-order valence-electron chi connectivity index (χ0n) is 19.2. The molecule has 4 aromatic rings. The second-order valence-corrected chi connectivity index (χ2v) is 8.69. The van der Waals surface area contributed by atoms with Crippen molar-refractivity contribution < 1.29 is 17.6 Å². The maximum Gasteiger partial charge on any atom is 0.314 e. The summed E-state index contributed by atoms with van der Waals surface area (Å²) in [5.41, 5.74) is 3.61. The van der Waals surface area contributed by atoms with Crippen LogP contribution in [0, 0.1) is 5.82 Å². The normalized spacial score (nSPS) is 15.2. The fraction of sp³-hybridized carbons (Fsp3) is 0.360. The molecule has 1 aliphatic rings. The first-order chi connectivity index (χ1) is 17.0. The molecule has 35 heavy (non-hydrogen) atoms. The predicted molar refractivity (Wildman–Crippen MR) is 123 cm³/mol. The van der Waals surface area contributed by atoms with Gasteiger partial charge in [0.15, 0.2) is 0 Å². The van der Waals surface area contributed by atoms with Gasteiger partial charge in [-0.2, -0.15) is 8.78 Å². The minimum atomic E-state index is -2.88. The van der Waals surface area contributed by atoms with Gasteiger partial charge in [0.1, 0.15) is 11.5 Å². The third-order valence-corrected chi connectivity index (χ3v) is 6.49. The molecule has 2 aromatic heterocycles. The number of alkyl halides is 2. The van der Waals surface area contributed by atoms with E-state index < -0.39 is 18.1 Å². The van der Waals surface area contributed by atoms with Gasteiger partial charge in [-0.15, -0.1) is 15.3 Å². The molecule has 10 heteroatoms. The van der Waals surface area contributed by atoms with Crippen molar-refractivity contribution in [1.29, 1.82) is 0 Å². The zero-order chi connectivity index (χ0) is 24.4. The van der Waals surface area contributed by atoms with Crippen molar-refractivity contribution in [3.05, 3.63) is 71.5 Å². The lowest BCUT2D eigenvalue weighted by molar-refractivity contribution is 0.116. The molecular weight excluding hydrogens is 457 g/mol. The molecule has 1 saturated heterocycles. The molecule has 0 unspecified atom stereocenters. The fourth-order valence-electron chi connectivity index (χ4n) is 4.46. The maximum absolute atomic E-state index is 14.7. The average Bonchev–Trinajstić information content (AvgIpc) is 3.56. The van der Waals surface area contributed by atoms with Crippen LogP contribution in [0.15, 0.2) is 53.1 Å². The average molecular weight is 483 g/mol. The Labute approximate surface area is 200 Å². The number of piperidine rings is 1. The van der Waals surface area contributed by atoms with Crippen LogP contribution in [0.3, 0.4) is 0 Å². The topological polar surface area (TPSA) is 72.9 Å². The van der Waals surface area contributed by atoms with Crippen LogP contribution in [0.1, 0.15) is 49.1 Å². The number of hydrogen-bond donors (Lipinski definition) is 0. The summed E-state index contributed by atoms with van der Waals surface area (Å²) in [6, 6.07) is 12.7. The van der Waals surface area contributed by atoms with Crippen LogP contribution in [-0.2, 0) is 6.54 Å². The van der Waals surface area contributed by atoms with Crippen LogP contribution >= 0.6 is 0 Å². The van der Waals surface area contributed by atoms with E-state index in [9.17, 15) is 13.2 Å². The number of hydrogen-bond acceptors (Lipinski definition) is 6. The quantitative estimate of drug-likeness (QED) is 0.355. The van der Waals surface area contributed by atoms with Crippen LogP contribution in [0.25, 0.3) is 22.7 Å². The molecule has 0 atom stereocenters. The van der Waals surface area contributed by atoms with Gasteiger partial charge < -0.3 is 9.32 Å². The Hall–Kier alpha value is -3.53. The molecule has 0 radical (unpaired) electrons. The summed E-state index contributed by atoms with van der Waals surface area (Å²) in [6.45, 7) is 5.69. The first-order valence-electron chi connectivity index (χ1n) is 11.6. The summed E-state index contributed by atoms with van der Waals surface area (Å²) in [5.74, 6) is -0.947. The van der Waals surface area contributed by atoms with Crippen molar-refractivity contribution in [2.24, 2.45) is 0 Å². The van der Waals surface area contributed by atoms with Crippen LogP contribution in [0.2, 0.25) is 0 Å². The van der Waals surface area contributed by atoms with Gasteiger partial charge >= 0.3 is 6.43 Å². The lowest BCUT2D eigenvalue weighted by Gasteiger charge is -2.31. The fourth-order valence-corrected chi connectivity index (χ4v) is 4.46. The van der Waals surface area contributed by atoms with Gasteiger partial charge in [-0.3, -0.25) is 0 Å². The molecule has 2 aromatic carbocycles. The van der Waals surface area contributed by atoms with Crippen LogP contribution < -0.4 is 0 Å². The molecular formula is C25H25F3N6O. The van der Waals surface area contributed by atoms with E-state index in [0.29, 0.717) is 11.5 Å². The SMILES string of the molecule is CCN1CCC(c2cccc(-c3cn(Cc4ccc(-c5nnc(C(F)F)o5)cc4F)nn3)c2)CC1. The molecule has 0 saturated carbocycles. The second kappa shape index (κ2) is 9.99. The van der Waals surface area contributed by atoms with E-state index in [-0.39, 0.29) is 18.0 Å². The monoisotopic (exact) mass is 482 g/mol. The Bertz CT molecular complexity index is 1300. The highest BCUT2D eigenvalue weighted by Crippen LogP contribution is 2.30. The van der Waals surface area contributed by atoms with Crippen molar-refractivity contribution in [2.75, 3.05) is 19.6 Å². The number of nitrogens with zero attached hydrogens (tertiary/aromatic N) is 6. The highest BCUT2D eigenvalue weighted by Gasteiger charge is 2.21. The van der Waals surface area contributed by atoms with Gasteiger partial charge in [0.2, 0.25) is 5.89 Å². The molecule has 1 aliphatic heterocycles. The van der Waals surface area contributed by atoms with Crippen molar-refractivity contribution in [3.8, 4) is 22.7 Å². The van der Waals surface area contributed by atoms with E-state index in [1.807, 2.05) is 12.1 Å². The van der Waals surface area contributed by atoms with Gasteiger partial charge in [0, 0.05) is 16.7 Å². The molecule has 0 spiro atoms. The largest absolute Gasteiger partial charge is 0.415 e. The number of halogens is 3. The smallest absolute Gasteiger partial charge is 0.314 e. The Morgan fingerprint density at radius 1 is 1.03 bits per heavy atom. The number of rotatable bonds is 7. The highest BCUT2D eigenvalue weighted by molar-refractivity contribution is 5.59. The van der Waals surface area contributed by atoms with Gasteiger partial charge in [-0.05, 0) is 62.2 Å². The molecule has 0 N–H and O–H groups in total. The van der Waals surface area contributed by atoms with Crippen molar-refractivity contribution in [1.82, 2.24) is 30.1 Å². The predicted octanol–water partition coefficient (Wildman–Crippen LogP) is 5.32. The molecule has 3 heterocycles. The third kappa shape index (κ3) is 5.12. The van der Waals surface area contributed by atoms with Crippen molar-refractivity contribution in [2.45, 2.75) is 38.7 Å². The van der Waals surface area contributed by atoms with Gasteiger partial charge in [0.05, 0.1) is 12.7 Å². The van der Waals surface area contributed by atoms with Gasteiger partial charge in [0.25, 0.3) is 5.89 Å². The molecule has 0 bridgehead atoms. The highest BCUT2D eigenvalue weighted by atomic mass is 19.3. The minimum Gasteiger partial charge on any atom is -0.415 e. The van der Waals surface area contributed by atoms with E-state index in [1.54, 1.807) is 23.0 Å². The Morgan fingerprint density at radius 2 is 1.86 bits per heavy atom. The summed E-state index contributed by atoms with van der Waals surface area (Å²) in [5, 5.41) is 15.3. The molecule has 0 aliphatic carbocycles. The van der Waals surface area contributed by atoms with Crippen LogP contribution in [0.4, 0.5) is 13.2 Å². The summed E-state index contributed by atoms with van der Waals surface area (Å²) in [4.78, 5) is 2.47. The molecule has 7 nitrogen and oxygen atoms in total. The van der Waals surface area contributed by atoms with Gasteiger partial charge in [-0.25, -0.2) is 9.07 Å². The van der Waals surface area contributed by atoms with E-state index >= 15 is 0 Å². The summed E-state index contributed by atoms with van der Waals surface area (Å²) < 4.78 is 46.5. The number of aromatic nitrogens is 5. The first-order valence-corrected chi connectivity index (χ1v) is 11.6. The molecule has 5 rings (SSSR count). The minimum absolute atomic E-state index is 0.158. The van der Waals surface area contributed by atoms with Crippen LogP contribution in [-0.4, -0.2) is 49.7 Å². The number of benzene rings is 2. The summed E-state index contributed by atoms with van der Waals surface area (Å²) in [6.07, 6.45) is 1.20. The first kappa shape index (κ1) is 23.2. The second-order valence-electron chi connectivity index (χ2n) is 8.69. The van der Waals surface area contributed by atoms with Crippen molar-refractivity contribution in [3.63, 3.8) is 0 Å². The third-order valence-electron chi connectivity index (χ3n) is 6.49. The van der Waals surface area contributed by atoms with E-state index in [1.165, 1.54) is 11.6 Å². The van der Waals surface area contributed by atoms with Gasteiger partial charge in [-0.1, -0.05) is 36.4 Å². The zero-order valence-corrected chi connectivity index (χ0v) is 19.2. The lowest BCUT2D eigenvalue weighted by atomic mass is 9.88. The summed E-state index contributed by atoms with van der Waals surface area (Å²) in [7, 11) is 0. The summed E-state index contributed by atoms with van der Waals surface area (Å²) >= 11 is 0.